The topological polar surface area (TPSA) is 68.3 Å². The molecule has 1 saturated heterocycles. The van der Waals surface area contributed by atoms with Crippen molar-refractivity contribution in [3.63, 3.8) is 0 Å². The Bertz CT molecular complexity index is 808. The summed E-state index contributed by atoms with van der Waals surface area (Å²) in [6, 6.07) is 7.41. The highest BCUT2D eigenvalue weighted by molar-refractivity contribution is 6.35. The van der Waals surface area contributed by atoms with Gasteiger partial charge in [-0.25, -0.2) is 0 Å². The molecule has 31 heavy (non-hydrogen) atoms. The van der Waals surface area contributed by atoms with E-state index in [1.807, 2.05) is 56.9 Å². The van der Waals surface area contributed by atoms with Crippen LogP contribution in [-0.2, 0) is 19.1 Å². The highest BCUT2D eigenvalue weighted by Gasteiger charge is 2.42. The first-order chi connectivity index (χ1) is 14.8. The average molecular weight is 431 g/mol. The molecule has 0 aliphatic carbocycles. The zero-order valence-electron chi connectivity index (χ0n) is 19.2. The first-order valence-electron chi connectivity index (χ1n) is 11.2. The van der Waals surface area contributed by atoms with Crippen LogP contribution in [-0.4, -0.2) is 72.8 Å². The van der Waals surface area contributed by atoms with Crippen LogP contribution in [0.25, 0.3) is 5.57 Å². The Kier molecular flexibility index (Phi) is 7.73. The molecule has 2 amide bonds. The molecule has 7 nitrogen and oxygen atoms in total. The zero-order valence-corrected chi connectivity index (χ0v) is 19.2. The lowest BCUT2D eigenvalue weighted by Gasteiger charge is -2.37. The molecule has 0 saturated carbocycles. The number of carbonyl (C=O) groups is 2. The molecule has 2 unspecified atom stereocenters. The Morgan fingerprint density at radius 1 is 1.03 bits per heavy atom. The maximum absolute atomic E-state index is 13.4. The molecule has 170 valence electrons. The smallest absolute Gasteiger partial charge is 0.277 e. The number of imide groups is 1. The van der Waals surface area contributed by atoms with Crippen LogP contribution in [0.1, 0.15) is 46.6 Å². The van der Waals surface area contributed by atoms with E-state index in [9.17, 15) is 9.59 Å². The van der Waals surface area contributed by atoms with E-state index in [1.165, 1.54) is 4.90 Å². The maximum atomic E-state index is 13.4. The van der Waals surface area contributed by atoms with Crippen molar-refractivity contribution in [1.29, 1.82) is 0 Å². The predicted molar refractivity (Wildman–Crippen MR) is 119 cm³/mol. The van der Waals surface area contributed by atoms with Gasteiger partial charge in [-0.2, -0.15) is 0 Å². The van der Waals surface area contributed by atoms with Gasteiger partial charge in [-0.15, -0.1) is 0 Å². The standard InChI is InChI=1S/C24H34N2O5/c1-6-12-30-20-9-7-19(8-10-20)21-22(25-14-17(4)31-18(5)15-25)24(28)26(23(21)27)11-13-29-16(2)3/h7-10,16-18H,6,11-15H2,1-5H3. The third-order valence-electron chi connectivity index (χ3n) is 5.26. The van der Waals surface area contributed by atoms with Gasteiger partial charge < -0.3 is 19.1 Å². The van der Waals surface area contributed by atoms with Crippen LogP contribution in [0.3, 0.4) is 0 Å². The summed E-state index contributed by atoms with van der Waals surface area (Å²) in [6.45, 7) is 12.2. The molecule has 1 aromatic carbocycles. The lowest BCUT2D eigenvalue weighted by Crippen LogP contribution is -2.47. The molecule has 0 aromatic heterocycles. The summed E-state index contributed by atoms with van der Waals surface area (Å²) in [5.74, 6) is 0.210. The lowest BCUT2D eigenvalue weighted by molar-refractivity contribution is -0.139. The van der Waals surface area contributed by atoms with Gasteiger partial charge in [0, 0.05) is 13.1 Å². The van der Waals surface area contributed by atoms with E-state index in [0.29, 0.717) is 37.6 Å². The van der Waals surface area contributed by atoms with Crippen molar-refractivity contribution in [3.05, 3.63) is 35.5 Å². The number of amides is 2. The van der Waals surface area contributed by atoms with Gasteiger partial charge in [-0.05, 0) is 51.8 Å². The fourth-order valence-electron chi connectivity index (χ4n) is 4.00. The third-order valence-corrected chi connectivity index (χ3v) is 5.26. The van der Waals surface area contributed by atoms with Crippen LogP contribution in [0.15, 0.2) is 30.0 Å². The fraction of sp³-hybridized carbons (Fsp3) is 0.583. The number of hydrogen-bond donors (Lipinski definition) is 0. The van der Waals surface area contributed by atoms with Crippen LogP contribution in [0, 0.1) is 0 Å². The fourth-order valence-corrected chi connectivity index (χ4v) is 4.00. The summed E-state index contributed by atoms with van der Waals surface area (Å²) in [6.07, 6.45) is 0.911. The molecule has 1 aromatic rings. The predicted octanol–water partition coefficient (Wildman–Crippen LogP) is 3.09. The van der Waals surface area contributed by atoms with Gasteiger partial charge in [-0.3, -0.25) is 14.5 Å². The summed E-state index contributed by atoms with van der Waals surface area (Å²) in [4.78, 5) is 30.1. The maximum Gasteiger partial charge on any atom is 0.277 e. The van der Waals surface area contributed by atoms with Gasteiger partial charge in [-0.1, -0.05) is 19.1 Å². The first-order valence-corrected chi connectivity index (χ1v) is 11.2. The second-order valence-electron chi connectivity index (χ2n) is 8.44. The molecule has 0 spiro atoms. The van der Waals surface area contributed by atoms with Crippen molar-refractivity contribution in [2.45, 2.75) is 59.4 Å². The minimum atomic E-state index is -0.276. The van der Waals surface area contributed by atoms with Crippen molar-refractivity contribution in [2.24, 2.45) is 0 Å². The second kappa shape index (κ2) is 10.3. The Balaban J connectivity index is 1.93. The van der Waals surface area contributed by atoms with Crippen molar-refractivity contribution in [1.82, 2.24) is 9.80 Å². The summed E-state index contributed by atoms with van der Waals surface area (Å²) in [5.41, 5.74) is 1.62. The van der Waals surface area contributed by atoms with E-state index in [1.54, 1.807) is 0 Å². The number of rotatable bonds is 9. The van der Waals surface area contributed by atoms with Gasteiger partial charge in [0.15, 0.2) is 0 Å². The summed E-state index contributed by atoms with van der Waals surface area (Å²) < 4.78 is 17.1. The number of hydrogen-bond acceptors (Lipinski definition) is 6. The van der Waals surface area contributed by atoms with E-state index in [2.05, 4.69) is 6.92 Å². The molecule has 2 heterocycles. The van der Waals surface area contributed by atoms with Crippen molar-refractivity contribution in [2.75, 3.05) is 32.8 Å². The van der Waals surface area contributed by atoms with Crippen molar-refractivity contribution < 1.29 is 23.8 Å². The molecule has 0 radical (unpaired) electrons. The lowest BCUT2D eigenvalue weighted by atomic mass is 10.0. The molecular weight excluding hydrogens is 396 g/mol. The van der Waals surface area contributed by atoms with E-state index < -0.39 is 0 Å². The number of morpholine rings is 1. The van der Waals surface area contributed by atoms with Crippen LogP contribution < -0.4 is 4.74 Å². The van der Waals surface area contributed by atoms with E-state index >= 15 is 0 Å². The van der Waals surface area contributed by atoms with Crippen LogP contribution in [0.2, 0.25) is 0 Å². The molecule has 0 bridgehead atoms. The first kappa shape index (κ1) is 23.3. The summed E-state index contributed by atoms with van der Waals surface area (Å²) in [5, 5.41) is 0. The number of benzene rings is 1. The molecule has 2 atom stereocenters. The van der Waals surface area contributed by atoms with Crippen LogP contribution in [0.5, 0.6) is 5.75 Å². The van der Waals surface area contributed by atoms with Gasteiger partial charge in [0.25, 0.3) is 11.8 Å². The normalized spacial score (nSPS) is 22.1. The Morgan fingerprint density at radius 3 is 2.26 bits per heavy atom. The molecule has 2 aliphatic heterocycles. The monoisotopic (exact) mass is 430 g/mol. The van der Waals surface area contributed by atoms with Gasteiger partial charge in [0.1, 0.15) is 11.4 Å². The Morgan fingerprint density at radius 2 is 1.68 bits per heavy atom. The highest BCUT2D eigenvalue weighted by atomic mass is 16.5. The molecule has 1 fully saturated rings. The molecule has 7 heteroatoms. The van der Waals surface area contributed by atoms with E-state index in [0.717, 1.165) is 17.7 Å². The summed E-state index contributed by atoms with van der Waals surface area (Å²) >= 11 is 0. The van der Waals surface area contributed by atoms with Gasteiger partial charge >= 0.3 is 0 Å². The van der Waals surface area contributed by atoms with E-state index in [-0.39, 0.29) is 36.7 Å². The SMILES string of the molecule is CCCOc1ccc(C2=C(N3CC(C)OC(C)C3)C(=O)N(CCOC(C)C)C2=O)cc1. The van der Waals surface area contributed by atoms with Crippen LogP contribution >= 0.6 is 0 Å². The van der Waals surface area contributed by atoms with E-state index in [4.69, 9.17) is 14.2 Å². The van der Waals surface area contributed by atoms with Gasteiger partial charge in [0.05, 0.1) is 43.6 Å². The average Bonchev–Trinajstić information content (AvgIpc) is 2.96. The zero-order chi connectivity index (χ0) is 22.5. The Hall–Kier alpha value is -2.38. The number of ether oxygens (including phenoxy) is 3. The Labute approximate surface area is 184 Å². The van der Waals surface area contributed by atoms with Crippen molar-refractivity contribution in [3.8, 4) is 5.75 Å². The minimum absolute atomic E-state index is 0.0245. The highest BCUT2D eigenvalue weighted by Crippen LogP contribution is 2.33. The molecule has 0 N–H and O–H groups in total. The van der Waals surface area contributed by atoms with Gasteiger partial charge in [0.2, 0.25) is 0 Å². The third kappa shape index (κ3) is 5.46. The minimum Gasteiger partial charge on any atom is -0.494 e. The number of carbonyl (C=O) groups excluding carboxylic acids is 2. The molecule has 2 aliphatic rings. The number of nitrogens with zero attached hydrogens (tertiary/aromatic N) is 2. The molecule has 3 rings (SSSR count). The summed E-state index contributed by atoms with van der Waals surface area (Å²) in [7, 11) is 0. The quantitative estimate of drug-likeness (QED) is 0.561. The van der Waals surface area contributed by atoms with Crippen molar-refractivity contribution >= 4 is 17.4 Å². The van der Waals surface area contributed by atoms with Crippen LogP contribution in [0.4, 0.5) is 0 Å². The largest absolute Gasteiger partial charge is 0.494 e. The second-order valence-corrected chi connectivity index (χ2v) is 8.44. The molecular formula is C24H34N2O5.